The fraction of sp³-hybridized carbons (Fsp3) is 0.467. The predicted octanol–water partition coefficient (Wildman–Crippen LogP) is 4.75. The molecule has 0 bridgehead atoms. The first-order chi connectivity index (χ1) is 18.0. The number of amides is 3. The van der Waals surface area contributed by atoms with Gasteiger partial charge in [0.25, 0.3) is 0 Å². The number of aryl methyl sites for hydroxylation is 2. The molecule has 0 aliphatic carbocycles. The maximum Gasteiger partial charge on any atom is 0.408 e. The van der Waals surface area contributed by atoms with Gasteiger partial charge >= 0.3 is 6.09 Å². The lowest BCUT2D eigenvalue weighted by molar-refractivity contribution is -0.141. The molecule has 2 N–H and O–H groups in total. The Morgan fingerprint density at radius 3 is 2.34 bits per heavy atom. The van der Waals surface area contributed by atoms with Crippen LogP contribution in [-0.4, -0.2) is 47.5 Å². The third-order valence-electron chi connectivity index (χ3n) is 5.91. The Hall–Kier alpha value is -3.86. The van der Waals surface area contributed by atoms with Gasteiger partial charge in [0.2, 0.25) is 11.8 Å². The van der Waals surface area contributed by atoms with Gasteiger partial charge in [0, 0.05) is 13.0 Å². The van der Waals surface area contributed by atoms with E-state index in [2.05, 4.69) is 10.6 Å². The first-order valence-corrected chi connectivity index (χ1v) is 13.0. The van der Waals surface area contributed by atoms with E-state index < -0.39 is 29.7 Å². The molecule has 204 valence electrons. The van der Waals surface area contributed by atoms with Crippen LogP contribution in [0.4, 0.5) is 4.79 Å². The molecule has 0 heterocycles. The average Bonchev–Trinajstić information content (AvgIpc) is 2.83. The van der Waals surface area contributed by atoms with Gasteiger partial charge in [0.05, 0.1) is 6.07 Å². The monoisotopic (exact) mass is 520 g/mol. The van der Waals surface area contributed by atoms with Crippen molar-refractivity contribution in [2.24, 2.45) is 0 Å². The van der Waals surface area contributed by atoms with E-state index in [4.69, 9.17) is 4.74 Å². The zero-order valence-corrected chi connectivity index (χ0v) is 23.3. The molecule has 8 nitrogen and oxygen atoms in total. The number of benzene rings is 2. The minimum atomic E-state index is -1.06. The highest BCUT2D eigenvalue weighted by Gasteiger charge is 2.37. The summed E-state index contributed by atoms with van der Waals surface area (Å²) in [6.07, 6.45) is 1.10. The lowest BCUT2D eigenvalue weighted by Crippen LogP contribution is -2.54. The molecule has 0 aliphatic rings. The van der Waals surface area contributed by atoms with E-state index in [-0.39, 0.29) is 18.9 Å². The van der Waals surface area contributed by atoms with E-state index >= 15 is 0 Å². The van der Waals surface area contributed by atoms with Gasteiger partial charge in [-0.15, -0.1) is 0 Å². The minimum Gasteiger partial charge on any atom is -0.444 e. The van der Waals surface area contributed by atoms with E-state index in [1.165, 1.54) is 4.90 Å². The number of carbonyl (C=O) groups excluding carboxylic acids is 3. The molecule has 0 spiro atoms. The van der Waals surface area contributed by atoms with Crippen molar-refractivity contribution < 1.29 is 19.1 Å². The van der Waals surface area contributed by atoms with Crippen molar-refractivity contribution in [2.75, 3.05) is 13.1 Å². The summed E-state index contributed by atoms with van der Waals surface area (Å²) in [7, 11) is 0. The second-order valence-electron chi connectivity index (χ2n) is 10.4. The summed E-state index contributed by atoms with van der Waals surface area (Å²) in [5.41, 5.74) is 2.52. The Morgan fingerprint density at radius 1 is 1.08 bits per heavy atom. The molecule has 0 aromatic heterocycles. The highest BCUT2D eigenvalue weighted by Crippen LogP contribution is 2.27. The number of ether oxygens (including phenoxy) is 1. The van der Waals surface area contributed by atoms with Gasteiger partial charge in [-0.25, -0.2) is 4.79 Å². The van der Waals surface area contributed by atoms with Crippen LogP contribution in [0, 0.1) is 25.2 Å². The Morgan fingerprint density at radius 2 is 1.76 bits per heavy atom. The molecule has 2 atom stereocenters. The van der Waals surface area contributed by atoms with Crippen molar-refractivity contribution in [1.29, 1.82) is 5.26 Å². The summed E-state index contributed by atoms with van der Waals surface area (Å²) < 4.78 is 5.42. The number of nitrogens with zero attached hydrogens (tertiary/aromatic N) is 2. The van der Waals surface area contributed by atoms with Crippen LogP contribution < -0.4 is 10.6 Å². The van der Waals surface area contributed by atoms with E-state index in [9.17, 15) is 19.6 Å². The number of alkyl carbamates (subject to hydrolysis) is 1. The quantitative estimate of drug-likeness (QED) is 0.328. The van der Waals surface area contributed by atoms with E-state index in [0.29, 0.717) is 12.1 Å². The summed E-state index contributed by atoms with van der Waals surface area (Å²) >= 11 is 0. The summed E-state index contributed by atoms with van der Waals surface area (Å²) in [4.78, 5) is 41.6. The summed E-state index contributed by atoms with van der Waals surface area (Å²) in [5.74, 6) is -0.915. The van der Waals surface area contributed by atoms with Crippen molar-refractivity contribution in [1.82, 2.24) is 15.5 Å². The van der Waals surface area contributed by atoms with Crippen molar-refractivity contribution in [3.8, 4) is 6.07 Å². The van der Waals surface area contributed by atoms with Gasteiger partial charge in [-0.1, -0.05) is 67.4 Å². The highest BCUT2D eigenvalue weighted by molar-refractivity contribution is 5.92. The zero-order valence-electron chi connectivity index (χ0n) is 23.3. The Labute approximate surface area is 226 Å². The highest BCUT2D eigenvalue weighted by atomic mass is 16.6. The summed E-state index contributed by atoms with van der Waals surface area (Å²) in [5, 5.41) is 15.3. The number of rotatable bonds is 11. The fourth-order valence-corrected chi connectivity index (χ4v) is 4.14. The standard InChI is InChI=1S/C30H40N4O4/c1-7-8-17-32-27(35)26(24-15-14-21(2)19-22(24)3)34(18-16-31)28(36)25(20-23-12-10-9-11-13-23)33-29(37)38-30(4,5)6/h9-15,19,25-26H,7-8,17-18,20H2,1-6H3,(H,32,35)(H,33,37). The van der Waals surface area contributed by atoms with Crippen LogP contribution in [0.15, 0.2) is 48.5 Å². The van der Waals surface area contributed by atoms with Crippen molar-refractivity contribution in [3.63, 3.8) is 0 Å². The normalized spacial score (nSPS) is 12.6. The number of carbonyl (C=O) groups is 3. The minimum absolute atomic E-state index is 0.165. The van der Waals surface area contributed by atoms with E-state index in [1.54, 1.807) is 20.8 Å². The fourth-order valence-electron chi connectivity index (χ4n) is 4.14. The Balaban J connectivity index is 2.53. The molecule has 0 saturated carbocycles. The molecule has 0 radical (unpaired) electrons. The molecule has 3 amide bonds. The molecular weight excluding hydrogens is 480 g/mol. The van der Waals surface area contributed by atoms with Gasteiger partial charge in [-0.2, -0.15) is 5.26 Å². The zero-order chi connectivity index (χ0) is 28.3. The SMILES string of the molecule is CCCCNC(=O)C(c1ccc(C)cc1C)N(CC#N)C(=O)C(Cc1ccccc1)NC(=O)OC(C)(C)C. The third-order valence-corrected chi connectivity index (χ3v) is 5.91. The van der Waals surface area contributed by atoms with Gasteiger partial charge in [-0.3, -0.25) is 9.59 Å². The first kappa shape index (κ1) is 30.4. The second kappa shape index (κ2) is 14.2. The predicted molar refractivity (Wildman–Crippen MR) is 147 cm³/mol. The molecule has 0 aliphatic heterocycles. The maximum absolute atomic E-state index is 14.1. The lowest BCUT2D eigenvalue weighted by Gasteiger charge is -2.33. The molecule has 2 rings (SSSR count). The van der Waals surface area contributed by atoms with Crippen molar-refractivity contribution in [2.45, 2.75) is 78.5 Å². The summed E-state index contributed by atoms with van der Waals surface area (Å²) in [6.45, 7) is 11.2. The number of unbranched alkanes of at least 4 members (excludes halogenated alkanes) is 1. The molecule has 2 aromatic carbocycles. The Kier molecular flexibility index (Phi) is 11.3. The number of nitrogens with one attached hydrogen (secondary N) is 2. The van der Waals surface area contributed by atoms with Gasteiger partial charge in [-0.05, 0) is 57.7 Å². The molecule has 0 fully saturated rings. The second-order valence-corrected chi connectivity index (χ2v) is 10.4. The number of hydrogen-bond acceptors (Lipinski definition) is 5. The van der Waals surface area contributed by atoms with Crippen LogP contribution in [0.2, 0.25) is 0 Å². The van der Waals surface area contributed by atoms with Crippen molar-refractivity contribution in [3.05, 3.63) is 70.8 Å². The maximum atomic E-state index is 14.1. The molecule has 8 heteroatoms. The summed E-state index contributed by atoms with van der Waals surface area (Å²) in [6, 6.07) is 14.8. The third kappa shape index (κ3) is 9.22. The van der Waals surface area contributed by atoms with Gasteiger partial charge in [0.15, 0.2) is 0 Å². The van der Waals surface area contributed by atoms with Crippen LogP contribution in [0.3, 0.4) is 0 Å². The molecule has 38 heavy (non-hydrogen) atoms. The smallest absolute Gasteiger partial charge is 0.408 e. The van der Waals surface area contributed by atoms with Crippen LogP contribution in [0.25, 0.3) is 0 Å². The first-order valence-electron chi connectivity index (χ1n) is 13.0. The Bertz CT molecular complexity index is 1140. The molecular formula is C30H40N4O4. The van der Waals surface area contributed by atoms with Gasteiger partial charge < -0.3 is 20.3 Å². The van der Waals surface area contributed by atoms with E-state index in [0.717, 1.165) is 29.5 Å². The largest absolute Gasteiger partial charge is 0.444 e. The van der Waals surface area contributed by atoms with Crippen LogP contribution in [0.5, 0.6) is 0 Å². The van der Waals surface area contributed by atoms with Crippen LogP contribution in [-0.2, 0) is 20.7 Å². The molecule has 0 saturated heterocycles. The molecule has 2 unspecified atom stereocenters. The topological polar surface area (TPSA) is 112 Å². The van der Waals surface area contributed by atoms with Gasteiger partial charge in [0.1, 0.15) is 24.2 Å². The van der Waals surface area contributed by atoms with Crippen LogP contribution >= 0.6 is 0 Å². The number of hydrogen-bond donors (Lipinski definition) is 2. The van der Waals surface area contributed by atoms with Crippen molar-refractivity contribution >= 4 is 17.9 Å². The molecule has 2 aromatic rings. The lowest BCUT2D eigenvalue weighted by atomic mass is 9.95. The van der Waals surface area contributed by atoms with Crippen LogP contribution in [0.1, 0.15) is 68.8 Å². The average molecular weight is 521 g/mol. The number of nitriles is 1. The van der Waals surface area contributed by atoms with E-state index in [1.807, 2.05) is 75.4 Å².